The molecule has 0 saturated heterocycles. The molecular formula is C30H22F8N4O5. The average molecular weight is 671 g/mol. The fraction of sp³-hybridized carbons (Fsp3) is 0.267. The van der Waals surface area contributed by atoms with Crippen molar-refractivity contribution < 1.29 is 59.3 Å². The van der Waals surface area contributed by atoms with Crippen LogP contribution in [0.1, 0.15) is 34.1 Å². The summed E-state index contributed by atoms with van der Waals surface area (Å²) in [7, 11) is 0. The van der Waals surface area contributed by atoms with Gasteiger partial charge in [0.05, 0.1) is 12.2 Å². The van der Waals surface area contributed by atoms with Crippen LogP contribution in [0.25, 0.3) is 22.2 Å². The number of alkyl halides is 5. The summed E-state index contributed by atoms with van der Waals surface area (Å²) < 4.78 is 123. The predicted molar refractivity (Wildman–Crippen MR) is 147 cm³/mol. The fourth-order valence-electron chi connectivity index (χ4n) is 4.98. The Morgan fingerprint density at radius 3 is 2.40 bits per heavy atom. The van der Waals surface area contributed by atoms with Gasteiger partial charge in [-0.15, -0.1) is 0 Å². The molecule has 0 radical (unpaired) electrons. The number of hydrogen-bond donors (Lipinski definition) is 3. The lowest BCUT2D eigenvalue weighted by molar-refractivity contribution is -0.265. The SMILES string of the molecule is Cc1cnc2c(OC(F)F)cc(C(=O)NC[C@](O)(c3cc4c(c(-c5cc(F)c(F)cc5F)n3)OC[C@]4(C)C(N)=O)C(F)(F)F)cc2c1. The van der Waals surface area contributed by atoms with Gasteiger partial charge in [-0.25, -0.2) is 18.2 Å². The van der Waals surface area contributed by atoms with Crippen molar-refractivity contribution in [1.82, 2.24) is 15.3 Å². The topological polar surface area (TPSA) is 137 Å². The molecule has 0 fully saturated rings. The normalized spacial score (nSPS) is 17.3. The Hall–Kier alpha value is -5.06. The van der Waals surface area contributed by atoms with E-state index in [1.54, 1.807) is 6.92 Å². The quantitative estimate of drug-likeness (QED) is 0.179. The number of primary amides is 1. The number of nitrogens with zero attached hydrogens (tertiary/aromatic N) is 2. The van der Waals surface area contributed by atoms with Crippen molar-refractivity contribution in [1.29, 1.82) is 0 Å². The number of carbonyl (C=O) groups excluding carboxylic acids is 2. The van der Waals surface area contributed by atoms with E-state index in [2.05, 4.69) is 14.7 Å². The first-order valence-electron chi connectivity index (χ1n) is 13.4. The van der Waals surface area contributed by atoms with Crippen LogP contribution in [-0.2, 0) is 15.8 Å². The summed E-state index contributed by atoms with van der Waals surface area (Å²) in [5.74, 6) is -8.13. The molecule has 0 unspecified atom stereocenters. The Morgan fingerprint density at radius 1 is 1.09 bits per heavy atom. The first-order chi connectivity index (χ1) is 21.9. The summed E-state index contributed by atoms with van der Waals surface area (Å²) in [6.45, 7) is -2.79. The van der Waals surface area contributed by atoms with Crippen LogP contribution in [0.3, 0.4) is 0 Å². The lowest BCUT2D eigenvalue weighted by Gasteiger charge is -2.31. The third-order valence-corrected chi connectivity index (χ3v) is 7.64. The smallest absolute Gasteiger partial charge is 0.424 e. The van der Waals surface area contributed by atoms with E-state index >= 15 is 0 Å². The van der Waals surface area contributed by atoms with E-state index in [1.807, 2.05) is 5.32 Å². The predicted octanol–water partition coefficient (Wildman–Crippen LogP) is 4.94. The zero-order valence-electron chi connectivity index (χ0n) is 24.1. The highest BCUT2D eigenvalue weighted by atomic mass is 19.4. The van der Waals surface area contributed by atoms with Crippen molar-refractivity contribution in [3.63, 3.8) is 0 Å². The average Bonchev–Trinajstić information content (AvgIpc) is 3.33. The summed E-state index contributed by atoms with van der Waals surface area (Å²) >= 11 is 0. The number of amides is 2. The van der Waals surface area contributed by atoms with Crippen molar-refractivity contribution >= 4 is 22.7 Å². The van der Waals surface area contributed by atoms with Crippen molar-refractivity contribution in [2.75, 3.05) is 13.2 Å². The number of carbonyl (C=O) groups is 2. The van der Waals surface area contributed by atoms with Crippen molar-refractivity contribution in [2.45, 2.75) is 37.7 Å². The van der Waals surface area contributed by atoms with Gasteiger partial charge < -0.3 is 25.6 Å². The molecule has 0 saturated carbocycles. The number of rotatable bonds is 8. The Balaban J connectivity index is 1.62. The number of nitrogens with two attached hydrogens (primary N) is 1. The monoisotopic (exact) mass is 670 g/mol. The Kier molecular flexibility index (Phi) is 8.24. The molecule has 2 amide bonds. The molecule has 2 atom stereocenters. The second kappa shape index (κ2) is 11.6. The van der Waals surface area contributed by atoms with E-state index in [4.69, 9.17) is 10.5 Å². The van der Waals surface area contributed by atoms with Gasteiger partial charge in [0.25, 0.3) is 5.91 Å². The van der Waals surface area contributed by atoms with Crippen LogP contribution in [0, 0.1) is 24.4 Å². The first kappa shape index (κ1) is 33.3. The highest BCUT2D eigenvalue weighted by Crippen LogP contribution is 2.48. The van der Waals surface area contributed by atoms with Crippen LogP contribution >= 0.6 is 0 Å². The van der Waals surface area contributed by atoms with Gasteiger partial charge in [-0.3, -0.25) is 14.6 Å². The number of fused-ring (bicyclic) bond motifs is 2. The zero-order chi connectivity index (χ0) is 34.6. The molecule has 5 rings (SSSR count). The van der Waals surface area contributed by atoms with E-state index < -0.39 is 106 Å². The van der Waals surface area contributed by atoms with Crippen LogP contribution in [-0.4, -0.2) is 52.8 Å². The van der Waals surface area contributed by atoms with Gasteiger partial charge in [-0.1, -0.05) is 0 Å². The number of aromatic nitrogens is 2. The van der Waals surface area contributed by atoms with Gasteiger partial charge in [-0.05, 0) is 49.7 Å². The molecule has 47 heavy (non-hydrogen) atoms. The van der Waals surface area contributed by atoms with Crippen molar-refractivity contribution in [2.24, 2.45) is 5.73 Å². The Labute approximate surface area is 259 Å². The minimum absolute atomic E-state index is 0.0710. The van der Waals surface area contributed by atoms with Crippen molar-refractivity contribution in [3.05, 3.63) is 82.4 Å². The highest BCUT2D eigenvalue weighted by Gasteiger charge is 2.58. The Morgan fingerprint density at radius 2 is 1.77 bits per heavy atom. The molecular weight excluding hydrogens is 648 g/mol. The number of aliphatic hydroxyl groups is 1. The van der Waals surface area contributed by atoms with Crippen LogP contribution in [0.5, 0.6) is 11.5 Å². The fourth-order valence-corrected chi connectivity index (χ4v) is 4.98. The molecule has 248 valence electrons. The van der Waals surface area contributed by atoms with Gasteiger partial charge in [0.2, 0.25) is 11.5 Å². The summed E-state index contributed by atoms with van der Waals surface area (Å²) in [6, 6.07) is 4.43. The van der Waals surface area contributed by atoms with Gasteiger partial charge in [0.15, 0.2) is 17.4 Å². The van der Waals surface area contributed by atoms with E-state index in [0.29, 0.717) is 17.7 Å². The van der Waals surface area contributed by atoms with E-state index in [0.717, 1.165) is 12.1 Å². The lowest BCUT2D eigenvalue weighted by Crippen LogP contribution is -2.51. The summed E-state index contributed by atoms with van der Waals surface area (Å²) in [4.78, 5) is 33.2. The van der Waals surface area contributed by atoms with Gasteiger partial charge >= 0.3 is 12.8 Å². The molecule has 1 aliphatic rings. The largest absolute Gasteiger partial charge is 0.489 e. The molecule has 4 N–H and O–H groups in total. The maximum atomic E-state index is 14.9. The number of halogens is 8. The molecule has 2 aromatic carbocycles. The van der Waals surface area contributed by atoms with Gasteiger partial charge in [0.1, 0.15) is 34.8 Å². The number of aryl methyl sites for hydroxylation is 1. The molecule has 1 aliphatic heterocycles. The third kappa shape index (κ3) is 5.86. The standard InChI is InChI=1S/C30H22F8N4O5/c1-12-3-13-4-14(5-20(47-27(34)35)22(13)40-9-12)25(43)41-10-29(45,30(36,37)38)21-7-16-24(46-11-28(16,2)26(39)44)23(42-21)15-6-18(32)19(33)8-17(15)31/h3-9,27,45H,10-11H2,1-2H3,(H2,39,44)(H,41,43)/t28-,29-/m0/s1. The van der Waals surface area contributed by atoms with Gasteiger partial charge in [0, 0.05) is 34.3 Å². The lowest BCUT2D eigenvalue weighted by atomic mass is 9.81. The molecule has 0 spiro atoms. The maximum Gasteiger partial charge on any atom is 0.424 e. The molecule has 4 aromatic rings. The van der Waals surface area contributed by atoms with Crippen LogP contribution in [0.15, 0.2) is 42.6 Å². The molecule has 17 heteroatoms. The summed E-state index contributed by atoms with van der Waals surface area (Å²) in [5, 5.41) is 13.2. The number of nitrogens with one attached hydrogen (secondary N) is 1. The van der Waals surface area contributed by atoms with E-state index in [9.17, 15) is 49.8 Å². The molecule has 3 heterocycles. The van der Waals surface area contributed by atoms with E-state index in [-0.39, 0.29) is 17.0 Å². The molecule has 9 nitrogen and oxygen atoms in total. The number of pyridine rings is 2. The van der Waals surface area contributed by atoms with Crippen LogP contribution in [0.2, 0.25) is 0 Å². The minimum atomic E-state index is -5.64. The van der Waals surface area contributed by atoms with Crippen LogP contribution in [0.4, 0.5) is 35.1 Å². The third-order valence-electron chi connectivity index (χ3n) is 7.64. The van der Waals surface area contributed by atoms with Crippen LogP contribution < -0.4 is 20.5 Å². The minimum Gasteiger partial charge on any atom is -0.489 e. The molecule has 2 aromatic heterocycles. The molecule has 0 aliphatic carbocycles. The van der Waals surface area contributed by atoms with Gasteiger partial charge in [-0.2, -0.15) is 22.0 Å². The number of benzene rings is 2. The van der Waals surface area contributed by atoms with Crippen molar-refractivity contribution in [3.8, 4) is 22.8 Å². The Bertz CT molecular complexity index is 1940. The number of hydrogen-bond acceptors (Lipinski definition) is 7. The number of ether oxygens (including phenoxy) is 2. The second-order valence-electron chi connectivity index (χ2n) is 10.9. The molecule has 0 bridgehead atoms. The maximum absolute atomic E-state index is 14.9. The summed E-state index contributed by atoms with van der Waals surface area (Å²) in [6.07, 6.45) is -4.30. The highest BCUT2D eigenvalue weighted by molar-refractivity contribution is 6.00. The summed E-state index contributed by atoms with van der Waals surface area (Å²) in [5.41, 5.74) is -3.84. The zero-order valence-corrected chi connectivity index (χ0v) is 24.1. The first-order valence-corrected chi connectivity index (χ1v) is 13.4. The van der Waals surface area contributed by atoms with E-state index in [1.165, 1.54) is 19.2 Å². The second-order valence-corrected chi connectivity index (χ2v) is 10.9.